The number of amides is 2. The third-order valence-corrected chi connectivity index (χ3v) is 8.57. The number of carbonyl (C=O) groups is 1. The number of methoxy groups -OCH3 is 1. The minimum atomic E-state index is -0.699. The van der Waals surface area contributed by atoms with Crippen LogP contribution >= 0.6 is 11.3 Å². The minimum absolute atomic E-state index is 0.325. The monoisotopic (exact) mass is 519 g/mol. The molecule has 2 aliphatic rings. The average Bonchev–Trinajstić information content (AvgIpc) is 3.45. The fourth-order valence-electron chi connectivity index (χ4n) is 5.58. The second-order valence-corrected chi connectivity index (χ2v) is 10.7. The number of nitrogens with zero attached hydrogens (tertiary/aromatic N) is 2. The molecule has 190 valence electrons. The van der Waals surface area contributed by atoms with E-state index in [4.69, 9.17) is 4.74 Å². The van der Waals surface area contributed by atoms with E-state index in [0.29, 0.717) is 23.5 Å². The van der Waals surface area contributed by atoms with Gasteiger partial charge >= 0.3 is 6.03 Å². The third-order valence-electron chi connectivity index (χ3n) is 7.24. The summed E-state index contributed by atoms with van der Waals surface area (Å²) in [5, 5.41) is 4.10. The Hall–Kier alpha value is -3.65. The van der Waals surface area contributed by atoms with E-state index in [2.05, 4.69) is 9.88 Å². The molecule has 2 amide bonds. The molecule has 1 aliphatic carbocycles. The molecule has 0 fully saturated rings. The number of benzene rings is 2. The standard InChI is InChI=1S/C29H27F2N3O2S/c1-17-9-10-25(36-2)23(12-17)32-29(35)34-16-22-21-6-3-4-8-26(21)37-28(22)33-11-5-7-24(33)27(34)18-13-19(30)15-20(31)14-18/h5,7,9-15,27H,3-4,6,8,16H2,1-2H3,(H,32,35)/t27-/m1/s1. The number of aryl methyl sites for hydroxylation is 2. The van der Waals surface area contributed by atoms with Gasteiger partial charge in [0.25, 0.3) is 0 Å². The lowest BCUT2D eigenvalue weighted by Gasteiger charge is -2.31. The summed E-state index contributed by atoms with van der Waals surface area (Å²) in [6.07, 6.45) is 6.25. The molecule has 2 aromatic carbocycles. The van der Waals surface area contributed by atoms with Crippen LogP contribution in [0.2, 0.25) is 0 Å². The Morgan fingerprint density at radius 3 is 2.62 bits per heavy atom. The normalized spacial score (nSPS) is 16.4. The van der Waals surface area contributed by atoms with Crippen LogP contribution in [0, 0.1) is 18.6 Å². The van der Waals surface area contributed by atoms with E-state index in [1.165, 1.54) is 22.6 Å². The molecule has 6 rings (SSSR count). The van der Waals surface area contributed by atoms with E-state index >= 15 is 0 Å². The first kappa shape index (κ1) is 23.7. The quantitative estimate of drug-likeness (QED) is 0.312. The molecule has 8 heteroatoms. The zero-order valence-corrected chi connectivity index (χ0v) is 21.5. The lowest BCUT2D eigenvalue weighted by atomic mass is 9.95. The number of aromatic nitrogens is 1. The summed E-state index contributed by atoms with van der Waals surface area (Å²) in [7, 11) is 1.56. The zero-order chi connectivity index (χ0) is 25.7. The Morgan fingerprint density at radius 1 is 1.05 bits per heavy atom. The van der Waals surface area contributed by atoms with Crippen molar-refractivity contribution in [3.05, 3.63) is 99.2 Å². The summed E-state index contributed by atoms with van der Waals surface area (Å²) in [5.74, 6) is -0.811. The van der Waals surface area contributed by atoms with Crippen LogP contribution in [0.15, 0.2) is 54.7 Å². The lowest BCUT2D eigenvalue weighted by Crippen LogP contribution is -2.38. The first-order chi connectivity index (χ1) is 17.9. The second-order valence-electron chi connectivity index (χ2n) is 9.66. The highest BCUT2D eigenvalue weighted by Gasteiger charge is 2.36. The zero-order valence-electron chi connectivity index (χ0n) is 20.7. The number of hydrogen-bond acceptors (Lipinski definition) is 3. The summed E-state index contributed by atoms with van der Waals surface area (Å²) in [6.45, 7) is 2.27. The van der Waals surface area contributed by atoms with Crippen LogP contribution in [0.5, 0.6) is 5.75 Å². The number of halogens is 2. The van der Waals surface area contributed by atoms with Crippen molar-refractivity contribution in [1.82, 2.24) is 9.47 Å². The van der Waals surface area contributed by atoms with Crippen LogP contribution in [0.1, 0.15) is 51.7 Å². The Kier molecular flexibility index (Phi) is 5.99. The van der Waals surface area contributed by atoms with Crippen LogP contribution < -0.4 is 10.1 Å². The molecule has 0 radical (unpaired) electrons. The summed E-state index contributed by atoms with van der Waals surface area (Å²) in [5.41, 5.74) is 5.11. The predicted molar refractivity (Wildman–Crippen MR) is 141 cm³/mol. The fraction of sp³-hybridized carbons (Fsp3) is 0.276. The molecule has 0 bridgehead atoms. The largest absolute Gasteiger partial charge is 0.495 e. The number of nitrogens with one attached hydrogen (secondary N) is 1. The van der Waals surface area contributed by atoms with Crippen molar-refractivity contribution in [2.24, 2.45) is 0 Å². The molecule has 0 saturated carbocycles. The Labute approximate surface area is 218 Å². The molecule has 0 unspecified atom stereocenters. The Bertz CT molecular complexity index is 1490. The number of rotatable bonds is 3. The van der Waals surface area contributed by atoms with Gasteiger partial charge in [0.05, 0.1) is 25.0 Å². The smallest absolute Gasteiger partial charge is 0.323 e. The molecule has 1 atom stereocenters. The van der Waals surface area contributed by atoms with Gasteiger partial charge in [-0.25, -0.2) is 13.6 Å². The molecule has 0 spiro atoms. The highest BCUT2D eigenvalue weighted by Crippen LogP contribution is 2.44. The molecule has 3 heterocycles. The number of anilines is 1. The maximum Gasteiger partial charge on any atom is 0.323 e. The molecule has 0 saturated heterocycles. The van der Waals surface area contributed by atoms with Crippen LogP contribution in [0.25, 0.3) is 5.00 Å². The molecule has 1 aliphatic heterocycles. The Morgan fingerprint density at radius 2 is 1.84 bits per heavy atom. The predicted octanol–water partition coefficient (Wildman–Crippen LogP) is 7.15. The lowest BCUT2D eigenvalue weighted by molar-refractivity contribution is 0.194. The first-order valence-corrected chi connectivity index (χ1v) is 13.2. The Balaban J connectivity index is 1.52. The molecule has 2 aromatic heterocycles. The van der Waals surface area contributed by atoms with Crippen molar-refractivity contribution in [2.75, 3.05) is 12.4 Å². The minimum Gasteiger partial charge on any atom is -0.495 e. The van der Waals surface area contributed by atoms with E-state index in [1.54, 1.807) is 23.3 Å². The van der Waals surface area contributed by atoms with E-state index in [9.17, 15) is 13.6 Å². The van der Waals surface area contributed by atoms with E-state index in [0.717, 1.165) is 53.6 Å². The fourth-order valence-corrected chi connectivity index (χ4v) is 6.98. The maximum atomic E-state index is 14.5. The highest BCUT2D eigenvalue weighted by atomic mass is 32.1. The first-order valence-electron chi connectivity index (χ1n) is 12.4. The number of carbonyl (C=O) groups excluding carboxylic acids is 1. The van der Waals surface area contributed by atoms with E-state index < -0.39 is 17.7 Å². The second kappa shape index (κ2) is 9.34. The van der Waals surface area contributed by atoms with Gasteiger partial charge in [0.1, 0.15) is 28.4 Å². The highest BCUT2D eigenvalue weighted by molar-refractivity contribution is 7.15. The van der Waals surface area contributed by atoms with Gasteiger partial charge < -0.3 is 19.5 Å². The molecular weight excluding hydrogens is 492 g/mol. The number of hydrogen-bond donors (Lipinski definition) is 1. The van der Waals surface area contributed by atoms with Crippen LogP contribution in [0.3, 0.4) is 0 Å². The van der Waals surface area contributed by atoms with Crippen molar-refractivity contribution in [1.29, 1.82) is 0 Å². The molecule has 4 aromatic rings. The van der Waals surface area contributed by atoms with E-state index in [1.807, 2.05) is 43.5 Å². The van der Waals surface area contributed by atoms with Gasteiger partial charge in [0.2, 0.25) is 0 Å². The van der Waals surface area contributed by atoms with Crippen molar-refractivity contribution in [3.63, 3.8) is 0 Å². The summed E-state index contributed by atoms with van der Waals surface area (Å²) >= 11 is 1.76. The average molecular weight is 520 g/mol. The summed E-state index contributed by atoms with van der Waals surface area (Å²) in [6, 6.07) is 11.8. The van der Waals surface area contributed by atoms with Gasteiger partial charge in [-0.2, -0.15) is 0 Å². The summed E-state index contributed by atoms with van der Waals surface area (Å²) < 4.78 is 36.5. The van der Waals surface area contributed by atoms with Crippen molar-refractivity contribution in [3.8, 4) is 10.8 Å². The third kappa shape index (κ3) is 4.19. The number of ether oxygens (including phenoxy) is 1. The SMILES string of the molecule is COc1ccc(C)cc1NC(=O)N1Cc2c(sc3c2CCCC3)-n2cccc2[C@H]1c1cc(F)cc(F)c1. The van der Waals surface area contributed by atoms with Gasteiger partial charge in [-0.05, 0) is 85.7 Å². The van der Waals surface area contributed by atoms with Crippen molar-refractivity contribution < 1.29 is 18.3 Å². The molecule has 5 nitrogen and oxygen atoms in total. The van der Waals surface area contributed by atoms with Gasteiger partial charge in [0.15, 0.2) is 0 Å². The number of fused-ring (bicyclic) bond motifs is 5. The topological polar surface area (TPSA) is 46.5 Å². The van der Waals surface area contributed by atoms with Crippen molar-refractivity contribution >= 4 is 23.1 Å². The van der Waals surface area contributed by atoms with Crippen LogP contribution in [0.4, 0.5) is 19.3 Å². The summed E-state index contributed by atoms with van der Waals surface area (Å²) in [4.78, 5) is 17.1. The number of thiophene rings is 1. The van der Waals surface area contributed by atoms with Crippen LogP contribution in [-0.4, -0.2) is 22.6 Å². The van der Waals surface area contributed by atoms with Crippen molar-refractivity contribution in [2.45, 2.75) is 45.2 Å². The molecule has 37 heavy (non-hydrogen) atoms. The van der Waals surface area contributed by atoms with Gasteiger partial charge in [-0.3, -0.25) is 0 Å². The molecular formula is C29H27F2N3O2S. The van der Waals surface area contributed by atoms with E-state index in [-0.39, 0.29) is 6.03 Å². The van der Waals surface area contributed by atoms with Gasteiger partial charge in [0, 0.05) is 22.7 Å². The van der Waals surface area contributed by atoms with Gasteiger partial charge in [-0.15, -0.1) is 11.3 Å². The maximum absolute atomic E-state index is 14.5. The van der Waals surface area contributed by atoms with Crippen LogP contribution in [-0.2, 0) is 19.4 Å². The van der Waals surface area contributed by atoms with Gasteiger partial charge in [-0.1, -0.05) is 6.07 Å². The molecule has 1 N–H and O–H groups in total. The number of urea groups is 1.